The van der Waals surface area contributed by atoms with Crippen molar-refractivity contribution in [3.05, 3.63) is 59.1 Å². The van der Waals surface area contributed by atoms with Crippen LogP contribution in [-0.2, 0) is 16.2 Å². The van der Waals surface area contributed by atoms with Crippen LogP contribution in [0.1, 0.15) is 18.4 Å². The summed E-state index contributed by atoms with van der Waals surface area (Å²) in [7, 11) is 0. The van der Waals surface area contributed by atoms with Crippen LogP contribution in [-0.4, -0.2) is 17.9 Å². The maximum absolute atomic E-state index is 11.7. The van der Waals surface area contributed by atoms with Gasteiger partial charge in [0.05, 0.1) is 0 Å². The number of hydrogen-bond acceptors (Lipinski definition) is 3. The average molecular weight is 345 g/mol. The first-order valence-electron chi connectivity index (χ1n) is 7.69. The van der Waals surface area contributed by atoms with Crippen molar-refractivity contribution in [2.45, 2.75) is 25.5 Å². The summed E-state index contributed by atoms with van der Waals surface area (Å²) in [6, 6.07) is 14.4. The number of anilines is 1. The van der Waals surface area contributed by atoms with Gasteiger partial charge in [-0.1, -0.05) is 23.7 Å². The molecule has 1 saturated carbocycles. The maximum atomic E-state index is 11.7. The Morgan fingerprint density at radius 1 is 1.00 bits per heavy atom. The fourth-order valence-electron chi connectivity index (χ4n) is 2.05. The van der Waals surface area contributed by atoms with Gasteiger partial charge >= 0.3 is 11.8 Å². The highest BCUT2D eigenvalue weighted by Crippen LogP contribution is 2.19. The maximum Gasteiger partial charge on any atom is 0.313 e. The highest BCUT2D eigenvalue weighted by atomic mass is 35.5. The van der Waals surface area contributed by atoms with E-state index in [2.05, 4.69) is 10.6 Å². The summed E-state index contributed by atoms with van der Waals surface area (Å²) >= 11 is 5.84. The van der Waals surface area contributed by atoms with E-state index in [1.165, 1.54) is 0 Å². The average Bonchev–Trinajstić information content (AvgIpc) is 3.39. The van der Waals surface area contributed by atoms with Crippen LogP contribution in [0.25, 0.3) is 0 Å². The molecule has 0 atom stereocenters. The van der Waals surface area contributed by atoms with Gasteiger partial charge in [0, 0.05) is 16.8 Å². The molecule has 1 aliphatic carbocycles. The lowest BCUT2D eigenvalue weighted by Crippen LogP contribution is -2.36. The second kappa shape index (κ2) is 7.36. The molecule has 2 N–H and O–H groups in total. The minimum Gasteiger partial charge on any atom is -0.489 e. The standard InChI is InChI=1S/C18H17ClN2O3/c19-13-3-1-12(2-4-13)11-24-16-9-7-15(8-10-16)21-18(23)17(22)20-14-5-6-14/h1-4,7-10,14H,5-6,11H2,(H,20,22)(H,21,23). The number of nitrogens with one attached hydrogen (secondary N) is 2. The van der Waals surface area contributed by atoms with E-state index in [-0.39, 0.29) is 6.04 Å². The molecule has 2 aromatic carbocycles. The molecule has 0 saturated heterocycles. The number of halogens is 1. The Morgan fingerprint density at radius 3 is 2.29 bits per heavy atom. The van der Waals surface area contributed by atoms with Crippen molar-refractivity contribution in [3.63, 3.8) is 0 Å². The van der Waals surface area contributed by atoms with Gasteiger partial charge in [-0.05, 0) is 54.8 Å². The number of hydrogen-bond donors (Lipinski definition) is 2. The van der Waals surface area contributed by atoms with Gasteiger partial charge in [-0.15, -0.1) is 0 Å². The molecule has 6 heteroatoms. The fourth-order valence-corrected chi connectivity index (χ4v) is 2.17. The van der Waals surface area contributed by atoms with Gasteiger partial charge in [0.15, 0.2) is 0 Å². The van der Waals surface area contributed by atoms with Crippen molar-refractivity contribution < 1.29 is 14.3 Å². The van der Waals surface area contributed by atoms with Crippen molar-refractivity contribution in [1.29, 1.82) is 0 Å². The fraction of sp³-hybridized carbons (Fsp3) is 0.222. The van der Waals surface area contributed by atoms with E-state index < -0.39 is 11.8 Å². The number of rotatable bonds is 5. The van der Waals surface area contributed by atoms with Crippen molar-refractivity contribution in [1.82, 2.24) is 5.32 Å². The molecule has 2 aromatic rings. The SMILES string of the molecule is O=C(Nc1ccc(OCc2ccc(Cl)cc2)cc1)C(=O)NC1CC1. The minimum atomic E-state index is -0.656. The van der Waals surface area contributed by atoms with Crippen LogP contribution >= 0.6 is 11.6 Å². The van der Waals surface area contributed by atoms with Crippen LogP contribution in [0, 0.1) is 0 Å². The Hall–Kier alpha value is -2.53. The molecule has 0 radical (unpaired) electrons. The van der Waals surface area contributed by atoms with Crippen LogP contribution in [0.3, 0.4) is 0 Å². The smallest absolute Gasteiger partial charge is 0.313 e. The van der Waals surface area contributed by atoms with E-state index in [0.717, 1.165) is 18.4 Å². The molecule has 0 unspecified atom stereocenters. The quantitative estimate of drug-likeness (QED) is 0.819. The lowest BCUT2D eigenvalue weighted by molar-refractivity contribution is -0.136. The summed E-state index contributed by atoms with van der Waals surface area (Å²) in [4.78, 5) is 23.3. The third-order valence-corrected chi connectivity index (χ3v) is 3.80. The Balaban J connectivity index is 1.50. The summed E-state index contributed by atoms with van der Waals surface area (Å²) in [6.07, 6.45) is 1.89. The number of benzene rings is 2. The van der Waals surface area contributed by atoms with Gasteiger partial charge in [-0.2, -0.15) is 0 Å². The Kier molecular flexibility index (Phi) is 5.01. The van der Waals surface area contributed by atoms with E-state index in [9.17, 15) is 9.59 Å². The molecule has 0 spiro atoms. The van der Waals surface area contributed by atoms with Crippen molar-refractivity contribution in [3.8, 4) is 5.75 Å². The van der Waals surface area contributed by atoms with Gasteiger partial charge < -0.3 is 15.4 Å². The van der Waals surface area contributed by atoms with Gasteiger partial charge in [-0.3, -0.25) is 9.59 Å². The lowest BCUT2D eigenvalue weighted by atomic mass is 10.2. The van der Waals surface area contributed by atoms with E-state index in [1.54, 1.807) is 24.3 Å². The Labute approximate surface area is 145 Å². The Morgan fingerprint density at radius 2 is 1.67 bits per heavy atom. The number of ether oxygens (including phenoxy) is 1. The van der Waals surface area contributed by atoms with Crippen molar-refractivity contribution in [2.75, 3.05) is 5.32 Å². The van der Waals surface area contributed by atoms with Crippen LogP contribution in [0.15, 0.2) is 48.5 Å². The largest absolute Gasteiger partial charge is 0.489 e. The van der Waals surface area contributed by atoms with Gasteiger partial charge in [-0.25, -0.2) is 0 Å². The summed E-state index contributed by atoms with van der Waals surface area (Å²) in [6.45, 7) is 0.423. The van der Waals surface area contributed by atoms with Crippen LogP contribution in [0.5, 0.6) is 5.75 Å². The van der Waals surface area contributed by atoms with E-state index in [1.807, 2.05) is 24.3 Å². The van der Waals surface area contributed by atoms with Gasteiger partial charge in [0.1, 0.15) is 12.4 Å². The molecule has 1 fully saturated rings. The van der Waals surface area contributed by atoms with Crippen molar-refractivity contribution in [2.24, 2.45) is 0 Å². The molecule has 0 aliphatic heterocycles. The molecule has 24 heavy (non-hydrogen) atoms. The molecular weight excluding hydrogens is 328 g/mol. The predicted octanol–water partition coefficient (Wildman–Crippen LogP) is 3.14. The van der Waals surface area contributed by atoms with E-state index >= 15 is 0 Å². The predicted molar refractivity (Wildman–Crippen MR) is 92.0 cm³/mol. The molecule has 5 nitrogen and oxygen atoms in total. The molecule has 124 valence electrons. The van der Waals surface area contributed by atoms with Crippen LogP contribution in [0.2, 0.25) is 5.02 Å². The first kappa shape index (κ1) is 16.3. The first-order chi connectivity index (χ1) is 11.6. The summed E-state index contributed by atoms with van der Waals surface area (Å²) in [5.41, 5.74) is 1.55. The van der Waals surface area contributed by atoms with E-state index in [4.69, 9.17) is 16.3 Å². The molecule has 0 aromatic heterocycles. The molecule has 0 bridgehead atoms. The zero-order chi connectivity index (χ0) is 16.9. The van der Waals surface area contributed by atoms with Crippen LogP contribution < -0.4 is 15.4 Å². The summed E-state index contributed by atoms with van der Waals surface area (Å²) in [5.74, 6) is -0.581. The monoisotopic (exact) mass is 344 g/mol. The van der Waals surface area contributed by atoms with Gasteiger partial charge in [0.25, 0.3) is 0 Å². The van der Waals surface area contributed by atoms with Crippen LogP contribution in [0.4, 0.5) is 5.69 Å². The Bertz CT molecular complexity index is 725. The molecule has 0 heterocycles. The summed E-state index contributed by atoms with van der Waals surface area (Å²) in [5, 5.41) is 5.89. The molecule has 2 amide bonds. The number of carbonyl (C=O) groups is 2. The molecule has 3 rings (SSSR count). The number of amides is 2. The summed E-state index contributed by atoms with van der Waals surface area (Å²) < 4.78 is 5.67. The normalized spacial score (nSPS) is 13.2. The minimum absolute atomic E-state index is 0.159. The third-order valence-electron chi connectivity index (χ3n) is 3.55. The lowest BCUT2D eigenvalue weighted by Gasteiger charge is -2.08. The number of carbonyl (C=O) groups excluding carboxylic acids is 2. The highest BCUT2D eigenvalue weighted by molar-refractivity contribution is 6.39. The zero-order valence-corrected chi connectivity index (χ0v) is 13.7. The second-order valence-corrected chi connectivity index (χ2v) is 6.08. The third kappa shape index (κ3) is 4.73. The molecule has 1 aliphatic rings. The highest BCUT2D eigenvalue weighted by Gasteiger charge is 2.26. The van der Waals surface area contributed by atoms with E-state index in [0.29, 0.717) is 23.1 Å². The topological polar surface area (TPSA) is 67.4 Å². The zero-order valence-electron chi connectivity index (χ0n) is 12.9. The second-order valence-electron chi connectivity index (χ2n) is 5.64. The van der Waals surface area contributed by atoms with Gasteiger partial charge in [0.2, 0.25) is 0 Å². The van der Waals surface area contributed by atoms with Crippen molar-refractivity contribution >= 4 is 29.1 Å². The first-order valence-corrected chi connectivity index (χ1v) is 8.07. The molecular formula is C18H17ClN2O3.